The largest absolute Gasteiger partial charge is 0.386 e. The zero-order chi connectivity index (χ0) is 12.0. The standard InChI is InChI=1S/C9H18N4O2/c1-7(13(14)15)8(12(3)4)5-6-9(10)11-2/h5-7,11H,10H2,1-4H3/b8-5+,9-6+. The van der Waals surface area contributed by atoms with Crippen molar-refractivity contribution in [1.29, 1.82) is 0 Å². The minimum atomic E-state index is -0.749. The molecule has 0 amide bonds. The highest BCUT2D eigenvalue weighted by atomic mass is 16.6. The molecule has 0 aromatic carbocycles. The Morgan fingerprint density at radius 2 is 2.07 bits per heavy atom. The number of hydrogen-bond donors (Lipinski definition) is 2. The zero-order valence-electron chi connectivity index (χ0n) is 9.52. The lowest BCUT2D eigenvalue weighted by molar-refractivity contribution is -0.509. The molecular weight excluding hydrogens is 196 g/mol. The van der Waals surface area contributed by atoms with Gasteiger partial charge in [0.1, 0.15) is 0 Å². The second kappa shape index (κ2) is 5.90. The van der Waals surface area contributed by atoms with Crippen LogP contribution < -0.4 is 11.1 Å². The van der Waals surface area contributed by atoms with Gasteiger partial charge in [0, 0.05) is 33.0 Å². The van der Waals surface area contributed by atoms with E-state index in [0.717, 1.165) is 0 Å². The van der Waals surface area contributed by atoms with E-state index in [0.29, 0.717) is 11.5 Å². The van der Waals surface area contributed by atoms with Crippen molar-refractivity contribution >= 4 is 0 Å². The van der Waals surface area contributed by atoms with Crippen LogP contribution in [-0.4, -0.2) is 37.0 Å². The first-order chi connectivity index (χ1) is 6.90. The van der Waals surface area contributed by atoms with Gasteiger partial charge in [0.05, 0.1) is 11.5 Å². The van der Waals surface area contributed by atoms with Crippen molar-refractivity contribution in [3.05, 3.63) is 33.8 Å². The topological polar surface area (TPSA) is 84.4 Å². The summed E-state index contributed by atoms with van der Waals surface area (Å²) >= 11 is 0. The van der Waals surface area contributed by atoms with Gasteiger partial charge in [-0.25, -0.2) is 0 Å². The molecule has 0 saturated carbocycles. The lowest BCUT2D eigenvalue weighted by atomic mass is 10.2. The summed E-state index contributed by atoms with van der Waals surface area (Å²) in [5.41, 5.74) is 6.11. The highest BCUT2D eigenvalue weighted by molar-refractivity contribution is 5.16. The van der Waals surface area contributed by atoms with Gasteiger partial charge in [0.2, 0.25) is 6.04 Å². The molecule has 0 aliphatic carbocycles. The van der Waals surface area contributed by atoms with Crippen LogP contribution in [0.15, 0.2) is 23.7 Å². The van der Waals surface area contributed by atoms with Gasteiger partial charge >= 0.3 is 0 Å². The highest BCUT2D eigenvalue weighted by Crippen LogP contribution is 2.08. The Morgan fingerprint density at radius 1 is 1.53 bits per heavy atom. The van der Waals surface area contributed by atoms with Gasteiger partial charge in [0.15, 0.2) is 0 Å². The van der Waals surface area contributed by atoms with Crippen LogP contribution in [0.25, 0.3) is 0 Å². The number of nitrogens with two attached hydrogens (primary N) is 1. The fraction of sp³-hybridized carbons (Fsp3) is 0.556. The maximum atomic E-state index is 10.6. The fourth-order valence-electron chi connectivity index (χ4n) is 1.03. The molecule has 0 aromatic rings. The number of nitro groups is 1. The first kappa shape index (κ1) is 13.3. The number of likely N-dealkylation sites (N-methyl/N-ethyl adjacent to an activating group) is 1. The average molecular weight is 214 g/mol. The van der Waals surface area contributed by atoms with Crippen molar-refractivity contribution < 1.29 is 4.92 Å². The fourth-order valence-corrected chi connectivity index (χ4v) is 1.03. The molecule has 0 aromatic heterocycles. The second-order valence-electron chi connectivity index (χ2n) is 3.32. The van der Waals surface area contributed by atoms with E-state index >= 15 is 0 Å². The van der Waals surface area contributed by atoms with Gasteiger partial charge < -0.3 is 16.0 Å². The predicted molar refractivity (Wildman–Crippen MR) is 59.6 cm³/mol. The summed E-state index contributed by atoms with van der Waals surface area (Å²) in [6.45, 7) is 1.54. The molecule has 0 fully saturated rings. The summed E-state index contributed by atoms with van der Waals surface area (Å²) < 4.78 is 0. The summed E-state index contributed by atoms with van der Waals surface area (Å²) in [6.07, 6.45) is 3.24. The van der Waals surface area contributed by atoms with Gasteiger partial charge in [0.25, 0.3) is 0 Å². The van der Waals surface area contributed by atoms with Crippen LogP contribution in [0.3, 0.4) is 0 Å². The van der Waals surface area contributed by atoms with Gasteiger partial charge in [-0.3, -0.25) is 10.1 Å². The van der Waals surface area contributed by atoms with Gasteiger partial charge in [-0.1, -0.05) is 0 Å². The summed E-state index contributed by atoms with van der Waals surface area (Å²) in [7, 11) is 5.20. The molecule has 6 nitrogen and oxygen atoms in total. The normalized spacial score (nSPS) is 14.7. The van der Waals surface area contributed by atoms with Gasteiger partial charge in [-0.05, 0) is 12.2 Å². The Kier molecular flexibility index (Phi) is 5.22. The summed E-state index contributed by atoms with van der Waals surface area (Å²) in [5.74, 6) is 0.463. The molecule has 86 valence electrons. The molecule has 0 aliphatic heterocycles. The minimum Gasteiger partial charge on any atom is -0.386 e. The predicted octanol–water partition coefficient (Wildman–Crippen LogP) is 0.117. The number of allylic oxidation sites excluding steroid dienone is 2. The maximum absolute atomic E-state index is 10.6. The van der Waals surface area contributed by atoms with E-state index in [1.807, 2.05) is 0 Å². The molecule has 0 rings (SSSR count). The van der Waals surface area contributed by atoms with Crippen molar-refractivity contribution in [2.75, 3.05) is 21.1 Å². The van der Waals surface area contributed by atoms with E-state index in [-0.39, 0.29) is 4.92 Å². The monoisotopic (exact) mass is 214 g/mol. The van der Waals surface area contributed by atoms with Gasteiger partial charge in [-0.15, -0.1) is 0 Å². The average Bonchev–Trinajstić information content (AvgIpc) is 2.16. The van der Waals surface area contributed by atoms with Crippen LogP contribution in [0.1, 0.15) is 6.92 Å². The molecule has 0 spiro atoms. The molecular formula is C9H18N4O2. The number of hydrogen-bond acceptors (Lipinski definition) is 5. The van der Waals surface area contributed by atoms with Crippen LogP contribution >= 0.6 is 0 Å². The molecule has 3 N–H and O–H groups in total. The van der Waals surface area contributed by atoms with E-state index in [1.54, 1.807) is 38.2 Å². The Balaban J connectivity index is 4.89. The quantitative estimate of drug-likeness (QED) is 0.385. The molecule has 1 atom stereocenters. The summed E-state index contributed by atoms with van der Waals surface area (Å²) in [6, 6.07) is -0.749. The first-order valence-electron chi connectivity index (χ1n) is 4.56. The van der Waals surface area contributed by atoms with Crippen molar-refractivity contribution in [3.8, 4) is 0 Å². The lowest BCUT2D eigenvalue weighted by Crippen LogP contribution is -2.27. The van der Waals surface area contributed by atoms with Crippen LogP contribution in [0.4, 0.5) is 0 Å². The lowest BCUT2D eigenvalue weighted by Gasteiger charge is -2.17. The molecule has 0 aliphatic rings. The maximum Gasteiger partial charge on any atom is 0.249 e. The molecule has 6 heteroatoms. The third-order valence-corrected chi connectivity index (χ3v) is 1.98. The second-order valence-corrected chi connectivity index (χ2v) is 3.32. The Morgan fingerprint density at radius 3 is 2.40 bits per heavy atom. The minimum absolute atomic E-state index is 0.338. The van der Waals surface area contributed by atoms with E-state index in [2.05, 4.69) is 5.32 Å². The smallest absolute Gasteiger partial charge is 0.249 e. The molecule has 0 heterocycles. The van der Waals surface area contributed by atoms with Crippen LogP contribution in [-0.2, 0) is 0 Å². The Hall–Kier alpha value is -1.72. The van der Waals surface area contributed by atoms with Crippen molar-refractivity contribution in [1.82, 2.24) is 10.2 Å². The summed E-state index contributed by atoms with van der Waals surface area (Å²) in [5, 5.41) is 13.4. The summed E-state index contributed by atoms with van der Waals surface area (Å²) in [4.78, 5) is 12.0. The number of rotatable bonds is 5. The highest BCUT2D eigenvalue weighted by Gasteiger charge is 2.20. The number of nitrogens with zero attached hydrogens (tertiary/aromatic N) is 2. The van der Waals surface area contributed by atoms with Crippen LogP contribution in [0.5, 0.6) is 0 Å². The van der Waals surface area contributed by atoms with Crippen molar-refractivity contribution in [2.24, 2.45) is 5.73 Å². The molecule has 0 saturated heterocycles. The Bertz CT molecular complexity index is 284. The molecule has 0 radical (unpaired) electrons. The van der Waals surface area contributed by atoms with Gasteiger partial charge in [-0.2, -0.15) is 0 Å². The van der Waals surface area contributed by atoms with Crippen LogP contribution in [0.2, 0.25) is 0 Å². The zero-order valence-corrected chi connectivity index (χ0v) is 9.52. The first-order valence-corrected chi connectivity index (χ1v) is 4.56. The van der Waals surface area contributed by atoms with E-state index in [9.17, 15) is 10.1 Å². The molecule has 0 bridgehead atoms. The van der Waals surface area contributed by atoms with Crippen molar-refractivity contribution in [2.45, 2.75) is 13.0 Å². The third-order valence-electron chi connectivity index (χ3n) is 1.98. The number of nitrogens with one attached hydrogen (secondary N) is 1. The Labute approximate surface area is 89.6 Å². The van der Waals surface area contributed by atoms with E-state index < -0.39 is 6.04 Å². The molecule has 15 heavy (non-hydrogen) atoms. The molecule has 1 unspecified atom stereocenters. The van der Waals surface area contributed by atoms with E-state index in [1.165, 1.54) is 6.92 Å². The SMILES string of the molecule is CN/C(N)=C/C=C(\C(C)[N+](=O)[O-])N(C)C. The van der Waals surface area contributed by atoms with Crippen molar-refractivity contribution in [3.63, 3.8) is 0 Å². The van der Waals surface area contributed by atoms with E-state index in [4.69, 9.17) is 5.73 Å². The third kappa shape index (κ3) is 4.35. The van der Waals surface area contributed by atoms with Crippen LogP contribution in [0, 0.1) is 10.1 Å².